The van der Waals surface area contributed by atoms with Crippen LogP contribution in [0.25, 0.3) is 0 Å². The van der Waals surface area contributed by atoms with Crippen molar-refractivity contribution in [2.75, 3.05) is 7.05 Å². The van der Waals surface area contributed by atoms with E-state index in [1.807, 2.05) is 11.9 Å². The first-order valence-electron chi connectivity index (χ1n) is 6.98. The van der Waals surface area contributed by atoms with Crippen LogP contribution in [0, 0.1) is 5.92 Å². The number of carbonyl (C=O) groups excluding carboxylic acids is 1. The van der Waals surface area contributed by atoms with Gasteiger partial charge in [0.1, 0.15) is 0 Å². The van der Waals surface area contributed by atoms with Crippen molar-refractivity contribution in [1.29, 1.82) is 0 Å². The van der Waals surface area contributed by atoms with E-state index in [0.717, 1.165) is 18.8 Å². The number of rotatable bonds is 6. The number of hydrogen-bond donors (Lipinski definition) is 1. The highest BCUT2D eigenvalue weighted by molar-refractivity contribution is 5.76. The number of hydrogen-bond acceptors (Lipinski definition) is 2. The van der Waals surface area contributed by atoms with E-state index in [4.69, 9.17) is 5.11 Å². The van der Waals surface area contributed by atoms with E-state index in [0.29, 0.717) is 25.3 Å². The first kappa shape index (κ1) is 15.0. The molecular weight excluding hydrogens is 230 g/mol. The fourth-order valence-electron chi connectivity index (χ4n) is 2.56. The largest absolute Gasteiger partial charge is 0.481 e. The zero-order valence-corrected chi connectivity index (χ0v) is 11.5. The molecule has 0 atom stereocenters. The van der Waals surface area contributed by atoms with Crippen molar-refractivity contribution in [1.82, 2.24) is 4.90 Å². The zero-order chi connectivity index (χ0) is 13.5. The van der Waals surface area contributed by atoms with Gasteiger partial charge in [-0.05, 0) is 44.4 Å². The summed E-state index contributed by atoms with van der Waals surface area (Å²) < 4.78 is 0. The maximum absolute atomic E-state index is 11.9. The van der Waals surface area contributed by atoms with E-state index < -0.39 is 5.97 Å². The van der Waals surface area contributed by atoms with Crippen LogP contribution in [-0.2, 0) is 9.59 Å². The average molecular weight is 255 g/mol. The molecule has 0 saturated heterocycles. The van der Waals surface area contributed by atoms with Crippen molar-refractivity contribution in [3.05, 3.63) is 0 Å². The summed E-state index contributed by atoms with van der Waals surface area (Å²) in [4.78, 5) is 24.2. The quantitative estimate of drug-likeness (QED) is 0.742. The zero-order valence-electron chi connectivity index (χ0n) is 11.5. The number of aliphatic carboxylic acids is 1. The van der Waals surface area contributed by atoms with Crippen LogP contribution in [-0.4, -0.2) is 35.0 Å². The molecule has 0 aromatic heterocycles. The van der Waals surface area contributed by atoms with Crippen molar-refractivity contribution >= 4 is 11.9 Å². The number of carboxylic acid groups (broad SMARTS) is 1. The smallest absolute Gasteiger partial charge is 0.303 e. The van der Waals surface area contributed by atoms with Gasteiger partial charge in [0.25, 0.3) is 0 Å². The molecular formula is C14H25NO3. The lowest BCUT2D eigenvalue weighted by Gasteiger charge is -2.33. The van der Waals surface area contributed by atoms with E-state index in [-0.39, 0.29) is 12.3 Å². The predicted molar refractivity (Wildman–Crippen MR) is 70.3 cm³/mol. The first-order valence-corrected chi connectivity index (χ1v) is 6.98. The van der Waals surface area contributed by atoms with Crippen LogP contribution in [0.5, 0.6) is 0 Å². The van der Waals surface area contributed by atoms with Gasteiger partial charge >= 0.3 is 5.97 Å². The normalized spacial score (nSPS) is 23.7. The monoisotopic (exact) mass is 255 g/mol. The van der Waals surface area contributed by atoms with Crippen LogP contribution < -0.4 is 0 Å². The summed E-state index contributed by atoms with van der Waals surface area (Å²) in [5.74, 6) is 0.178. The van der Waals surface area contributed by atoms with Gasteiger partial charge in [0, 0.05) is 25.9 Å². The summed E-state index contributed by atoms with van der Waals surface area (Å²) in [5.41, 5.74) is 0. The molecule has 1 aliphatic rings. The molecule has 0 unspecified atom stereocenters. The molecule has 1 aliphatic carbocycles. The molecule has 1 fully saturated rings. The second-order valence-corrected chi connectivity index (χ2v) is 5.52. The third-order valence-corrected chi connectivity index (χ3v) is 3.96. The van der Waals surface area contributed by atoms with Crippen LogP contribution in [0.2, 0.25) is 0 Å². The topological polar surface area (TPSA) is 57.6 Å². The van der Waals surface area contributed by atoms with Crippen LogP contribution in [0.1, 0.15) is 58.3 Å². The fraction of sp³-hybridized carbons (Fsp3) is 0.857. The molecule has 1 saturated carbocycles. The molecule has 4 heteroatoms. The standard InChI is InChI=1S/C14H25NO3/c1-11-7-9-12(10-8-11)15(2)13(16)5-3-4-6-14(17)18/h11-12H,3-10H2,1-2H3,(H,17,18). The molecule has 1 rings (SSSR count). The first-order chi connectivity index (χ1) is 8.50. The molecule has 0 aliphatic heterocycles. The lowest BCUT2D eigenvalue weighted by Crippen LogP contribution is -2.39. The third-order valence-electron chi connectivity index (χ3n) is 3.96. The molecule has 0 aromatic rings. The van der Waals surface area contributed by atoms with Crippen LogP contribution >= 0.6 is 0 Å². The number of carbonyl (C=O) groups is 2. The summed E-state index contributed by atoms with van der Waals surface area (Å²) in [6, 6.07) is 0.396. The molecule has 0 aromatic carbocycles. The minimum Gasteiger partial charge on any atom is -0.481 e. The summed E-state index contributed by atoms with van der Waals surface area (Å²) >= 11 is 0. The SMILES string of the molecule is CC1CCC(N(C)C(=O)CCCCC(=O)O)CC1. The Morgan fingerprint density at radius 3 is 2.22 bits per heavy atom. The predicted octanol–water partition coefficient (Wildman–Crippen LogP) is 2.67. The van der Waals surface area contributed by atoms with E-state index in [1.165, 1.54) is 12.8 Å². The van der Waals surface area contributed by atoms with E-state index >= 15 is 0 Å². The second kappa shape index (κ2) is 7.39. The number of amides is 1. The Hall–Kier alpha value is -1.06. The highest BCUT2D eigenvalue weighted by Gasteiger charge is 2.24. The summed E-state index contributed by atoms with van der Waals surface area (Å²) in [7, 11) is 1.89. The molecule has 104 valence electrons. The Bertz CT molecular complexity index is 283. The Morgan fingerprint density at radius 1 is 1.11 bits per heavy atom. The molecule has 0 bridgehead atoms. The van der Waals surface area contributed by atoms with Crippen molar-refractivity contribution in [2.24, 2.45) is 5.92 Å². The van der Waals surface area contributed by atoms with Crippen LogP contribution in [0.3, 0.4) is 0 Å². The van der Waals surface area contributed by atoms with Gasteiger partial charge in [-0.2, -0.15) is 0 Å². The molecule has 1 amide bonds. The minimum absolute atomic E-state index is 0.165. The summed E-state index contributed by atoms with van der Waals surface area (Å²) in [6.45, 7) is 2.27. The van der Waals surface area contributed by atoms with Gasteiger partial charge in [-0.15, -0.1) is 0 Å². The van der Waals surface area contributed by atoms with Crippen molar-refractivity contribution in [3.63, 3.8) is 0 Å². The highest BCUT2D eigenvalue weighted by atomic mass is 16.4. The van der Waals surface area contributed by atoms with Crippen LogP contribution in [0.15, 0.2) is 0 Å². The molecule has 0 spiro atoms. The number of unbranched alkanes of at least 4 members (excludes halogenated alkanes) is 1. The Kier molecular flexibility index (Phi) is 6.16. The van der Waals surface area contributed by atoms with Crippen molar-refractivity contribution < 1.29 is 14.7 Å². The van der Waals surface area contributed by atoms with Gasteiger partial charge < -0.3 is 10.0 Å². The summed E-state index contributed by atoms with van der Waals surface area (Å²) in [6.07, 6.45) is 6.56. The van der Waals surface area contributed by atoms with E-state index in [9.17, 15) is 9.59 Å². The van der Waals surface area contributed by atoms with Crippen LogP contribution in [0.4, 0.5) is 0 Å². The Morgan fingerprint density at radius 2 is 1.67 bits per heavy atom. The number of nitrogens with zero attached hydrogens (tertiary/aromatic N) is 1. The van der Waals surface area contributed by atoms with Crippen molar-refractivity contribution in [3.8, 4) is 0 Å². The summed E-state index contributed by atoms with van der Waals surface area (Å²) in [5, 5.41) is 8.52. The molecule has 18 heavy (non-hydrogen) atoms. The fourth-order valence-corrected chi connectivity index (χ4v) is 2.56. The molecule has 0 radical (unpaired) electrons. The third kappa shape index (κ3) is 5.07. The van der Waals surface area contributed by atoms with Gasteiger partial charge in [-0.3, -0.25) is 9.59 Å². The lowest BCUT2D eigenvalue weighted by molar-refractivity contribution is -0.137. The second-order valence-electron chi connectivity index (χ2n) is 5.52. The van der Waals surface area contributed by atoms with Gasteiger partial charge in [0.05, 0.1) is 0 Å². The van der Waals surface area contributed by atoms with Gasteiger partial charge in [-0.1, -0.05) is 6.92 Å². The van der Waals surface area contributed by atoms with Crippen molar-refractivity contribution in [2.45, 2.75) is 64.3 Å². The lowest BCUT2D eigenvalue weighted by atomic mass is 9.86. The maximum atomic E-state index is 11.9. The van der Waals surface area contributed by atoms with Gasteiger partial charge in [0.2, 0.25) is 5.91 Å². The van der Waals surface area contributed by atoms with Gasteiger partial charge in [-0.25, -0.2) is 0 Å². The average Bonchev–Trinajstić information content (AvgIpc) is 2.34. The minimum atomic E-state index is -0.780. The number of carboxylic acids is 1. The molecule has 0 heterocycles. The van der Waals surface area contributed by atoms with Gasteiger partial charge in [0.15, 0.2) is 0 Å². The molecule has 4 nitrogen and oxygen atoms in total. The Labute approximate surface area is 109 Å². The van der Waals surface area contributed by atoms with E-state index in [1.54, 1.807) is 0 Å². The Balaban J connectivity index is 2.22. The van der Waals surface area contributed by atoms with E-state index in [2.05, 4.69) is 6.92 Å². The maximum Gasteiger partial charge on any atom is 0.303 e. The molecule has 1 N–H and O–H groups in total. The highest BCUT2D eigenvalue weighted by Crippen LogP contribution is 2.26.